The zero-order chi connectivity index (χ0) is 71.8. The summed E-state index contributed by atoms with van der Waals surface area (Å²) in [5.74, 6) is -2.29. The first-order valence-electron chi connectivity index (χ1n) is 41.0. The normalized spacial score (nSPS) is 13.4. The molecule has 0 aliphatic heterocycles. The van der Waals surface area contributed by atoms with E-state index in [1.54, 1.807) is 0 Å². The van der Waals surface area contributed by atoms with Crippen LogP contribution in [0.4, 0.5) is 0 Å². The summed E-state index contributed by atoms with van der Waals surface area (Å²) < 4.78 is 22.9. The van der Waals surface area contributed by atoms with Crippen LogP contribution >= 0.6 is 0 Å². The molecule has 0 rings (SSSR count). The van der Waals surface area contributed by atoms with Crippen molar-refractivity contribution in [3.63, 3.8) is 0 Å². The number of ether oxygens (including phenoxy) is 4. The molecule has 2 unspecified atom stereocenters. The van der Waals surface area contributed by atoms with Gasteiger partial charge >= 0.3 is 11.9 Å². The number of quaternary nitrogens is 1. The predicted octanol–water partition coefficient (Wildman–Crippen LogP) is 25.3. The van der Waals surface area contributed by atoms with Crippen LogP contribution in [0, 0.1) is 0 Å². The monoisotopic (exact) mass is 1380 g/mol. The summed E-state index contributed by atoms with van der Waals surface area (Å²) in [5.41, 5.74) is 0. The highest BCUT2D eigenvalue weighted by Gasteiger charge is 2.22. The average molecular weight is 1380 g/mol. The van der Waals surface area contributed by atoms with Crippen molar-refractivity contribution in [1.29, 1.82) is 0 Å². The minimum atomic E-state index is -1.63. The van der Waals surface area contributed by atoms with Gasteiger partial charge in [-0.15, -0.1) is 0 Å². The second-order valence-corrected chi connectivity index (χ2v) is 28.3. The number of carboxylic acids is 1. The summed E-state index contributed by atoms with van der Waals surface area (Å²) in [6.45, 7) is 4.64. The molecule has 0 aromatic rings. The molecule has 0 aliphatic carbocycles. The molecule has 0 heterocycles. The van der Waals surface area contributed by atoms with Crippen molar-refractivity contribution in [3.05, 3.63) is 146 Å². The van der Waals surface area contributed by atoms with E-state index in [2.05, 4.69) is 160 Å². The highest BCUT2D eigenvalue weighted by Crippen LogP contribution is 2.18. The third kappa shape index (κ3) is 80.4. The first-order chi connectivity index (χ1) is 48.6. The standard InChI is InChI=1S/C90H153NO8/c1-6-8-10-12-14-16-18-20-22-24-26-28-30-32-34-36-38-40-42-43-44-45-47-49-51-53-55-57-59-61-63-65-67-69-71-73-75-77-79-81-88(93)99-86(85-98-90(89(94)95)96-83-82-91(3,4)5)84-97-87(92)80-78-76-74-72-70-68-66-64-62-60-58-56-54-52-50-48-46-41-39-37-35-33-31-29-27-25-23-21-19-17-15-13-11-9-7-2/h8,10,14,16,19-22,25-28,32,34,38,40,43-44,47,49,53,55,59,61,86,90H,6-7,9,11-13,15,17-18,23-24,29-31,33,35-37,39,41-42,45-46,48,50-52,54,56-58,60,62-85H2,1-5H3/b10-8-,16-14-,21-19-,22-20-,27-25-,28-26-,34-32-,40-38-,44-43-,49-47-,55-53-,61-59-. The van der Waals surface area contributed by atoms with Crippen LogP contribution in [0.15, 0.2) is 146 Å². The fourth-order valence-corrected chi connectivity index (χ4v) is 11.4. The first-order valence-corrected chi connectivity index (χ1v) is 41.0. The Kier molecular flexibility index (Phi) is 75.0. The number of carbonyl (C=O) groups excluding carboxylic acids is 3. The molecule has 9 nitrogen and oxygen atoms in total. The van der Waals surface area contributed by atoms with E-state index in [9.17, 15) is 19.5 Å². The summed E-state index contributed by atoms with van der Waals surface area (Å²) in [5, 5.41) is 11.9. The van der Waals surface area contributed by atoms with Gasteiger partial charge < -0.3 is 33.3 Å². The Hall–Kier alpha value is -4.83. The average Bonchev–Trinajstić information content (AvgIpc) is 1.14. The van der Waals surface area contributed by atoms with Gasteiger partial charge in [0.2, 0.25) is 0 Å². The maximum atomic E-state index is 13.0. The van der Waals surface area contributed by atoms with Gasteiger partial charge in [0, 0.05) is 12.8 Å². The molecule has 0 N–H and O–H groups in total. The molecule has 0 amide bonds. The molecule has 0 saturated carbocycles. The van der Waals surface area contributed by atoms with Gasteiger partial charge in [0.15, 0.2) is 12.4 Å². The quantitative estimate of drug-likeness (QED) is 0.0195. The van der Waals surface area contributed by atoms with Crippen LogP contribution in [-0.4, -0.2) is 82.3 Å². The van der Waals surface area contributed by atoms with E-state index in [0.717, 1.165) is 116 Å². The van der Waals surface area contributed by atoms with Crippen molar-refractivity contribution in [2.45, 2.75) is 360 Å². The number of nitrogens with zero attached hydrogens (tertiary/aromatic N) is 1. The third-order valence-electron chi connectivity index (χ3n) is 17.6. The fraction of sp³-hybridized carbons (Fsp3) is 0.700. The predicted molar refractivity (Wildman–Crippen MR) is 426 cm³/mol. The molecule has 0 aromatic heterocycles. The molecule has 0 radical (unpaired) electrons. The number of rotatable bonds is 75. The van der Waals surface area contributed by atoms with E-state index in [1.165, 1.54) is 199 Å². The van der Waals surface area contributed by atoms with Gasteiger partial charge in [-0.25, -0.2) is 0 Å². The number of aliphatic carboxylic acids is 1. The zero-order valence-corrected chi connectivity index (χ0v) is 64.8. The van der Waals surface area contributed by atoms with E-state index < -0.39 is 24.3 Å². The number of carboxylic acid groups (broad SMARTS) is 1. The van der Waals surface area contributed by atoms with Crippen LogP contribution < -0.4 is 5.11 Å². The minimum absolute atomic E-state index is 0.141. The number of unbranched alkanes of at least 4 members (excludes halogenated alkanes) is 36. The van der Waals surface area contributed by atoms with Crippen molar-refractivity contribution in [1.82, 2.24) is 0 Å². The Bertz CT molecular complexity index is 2150. The van der Waals surface area contributed by atoms with Gasteiger partial charge in [-0.2, -0.15) is 0 Å². The molecular formula is C90H153NO8. The molecule has 0 aromatic carbocycles. The Morgan fingerprint density at radius 2 is 0.576 bits per heavy atom. The number of hydrogen-bond donors (Lipinski definition) is 0. The van der Waals surface area contributed by atoms with Gasteiger partial charge in [-0.1, -0.05) is 359 Å². The Morgan fingerprint density at radius 1 is 0.313 bits per heavy atom. The van der Waals surface area contributed by atoms with Crippen LogP contribution in [-0.2, 0) is 33.3 Å². The van der Waals surface area contributed by atoms with Crippen LogP contribution in [0.3, 0.4) is 0 Å². The number of esters is 2. The van der Waals surface area contributed by atoms with E-state index in [4.69, 9.17) is 18.9 Å². The zero-order valence-electron chi connectivity index (χ0n) is 64.8. The second kappa shape index (κ2) is 78.9. The lowest BCUT2D eigenvalue weighted by molar-refractivity contribution is -0.870. The lowest BCUT2D eigenvalue weighted by Gasteiger charge is -2.26. The first kappa shape index (κ1) is 94.2. The molecule has 0 fully saturated rings. The van der Waals surface area contributed by atoms with Gasteiger partial charge in [-0.3, -0.25) is 9.59 Å². The SMILES string of the molecule is CC/C=C\C/C=C\C/C=C\C/C=C\C/C=C\C/C=C\C/C=C\C/C=C\C/C=C\C/C=C\CCCCCCCCCCC(=O)OC(COC(=O)CCCCCCCCCCCCCCCCCCCCCCCCC/C=C\C/C=C\CCCCCCC)COC(OCC[N+](C)(C)C)C(=O)[O-]. The number of carbonyl (C=O) groups is 3. The molecule has 99 heavy (non-hydrogen) atoms. The van der Waals surface area contributed by atoms with Crippen LogP contribution in [0.5, 0.6) is 0 Å². The third-order valence-corrected chi connectivity index (χ3v) is 17.6. The molecule has 566 valence electrons. The number of allylic oxidation sites excluding steroid dienone is 24. The molecule has 0 saturated heterocycles. The molecule has 0 bridgehead atoms. The smallest absolute Gasteiger partial charge is 0.306 e. The summed E-state index contributed by atoms with van der Waals surface area (Å²) in [7, 11) is 5.93. The highest BCUT2D eigenvalue weighted by molar-refractivity contribution is 5.70. The molecule has 9 heteroatoms. The lowest BCUT2D eigenvalue weighted by Crippen LogP contribution is -2.44. The Morgan fingerprint density at radius 3 is 0.859 bits per heavy atom. The Labute approximate surface area is 611 Å². The molecular weight excluding hydrogens is 1220 g/mol. The topological polar surface area (TPSA) is 111 Å². The number of likely N-dealkylation sites (N-methyl/N-ethyl adjacent to an activating group) is 1. The highest BCUT2D eigenvalue weighted by atomic mass is 16.7. The van der Waals surface area contributed by atoms with Crippen molar-refractivity contribution in [2.24, 2.45) is 0 Å². The van der Waals surface area contributed by atoms with Crippen LogP contribution in [0.1, 0.15) is 348 Å². The Balaban J connectivity index is 4.08. The fourth-order valence-electron chi connectivity index (χ4n) is 11.4. The largest absolute Gasteiger partial charge is 0.545 e. The summed E-state index contributed by atoms with van der Waals surface area (Å²) >= 11 is 0. The van der Waals surface area contributed by atoms with Crippen molar-refractivity contribution < 1.29 is 42.9 Å². The molecule has 0 aliphatic rings. The van der Waals surface area contributed by atoms with Crippen molar-refractivity contribution >= 4 is 17.9 Å². The second-order valence-electron chi connectivity index (χ2n) is 28.3. The summed E-state index contributed by atoms with van der Waals surface area (Å²) in [6.07, 6.45) is 113. The van der Waals surface area contributed by atoms with E-state index in [0.29, 0.717) is 17.4 Å². The van der Waals surface area contributed by atoms with Gasteiger partial charge in [0.05, 0.1) is 40.3 Å². The van der Waals surface area contributed by atoms with Crippen molar-refractivity contribution in [3.8, 4) is 0 Å². The molecule has 0 spiro atoms. The van der Waals surface area contributed by atoms with Crippen LogP contribution in [0.2, 0.25) is 0 Å². The minimum Gasteiger partial charge on any atom is -0.545 e. The van der Waals surface area contributed by atoms with E-state index >= 15 is 0 Å². The summed E-state index contributed by atoms with van der Waals surface area (Å²) in [4.78, 5) is 37.6. The number of hydrogen-bond acceptors (Lipinski definition) is 8. The lowest BCUT2D eigenvalue weighted by atomic mass is 10.0. The molecule has 2 atom stereocenters. The van der Waals surface area contributed by atoms with Crippen molar-refractivity contribution in [2.75, 3.05) is 47.5 Å². The van der Waals surface area contributed by atoms with E-state index in [1.807, 2.05) is 21.1 Å². The van der Waals surface area contributed by atoms with Gasteiger partial charge in [0.1, 0.15) is 13.2 Å². The summed E-state index contributed by atoms with van der Waals surface area (Å²) in [6, 6.07) is 0. The van der Waals surface area contributed by atoms with Gasteiger partial charge in [0.25, 0.3) is 0 Å². The maximum absolute atomic E-state index is 13.0. The van der Waals surface area contributed by atoms with E-state index in [-0.39, 0.29) is 38.6 Å². The maximum Gasteiger partial charge on any atom is 0.306 e. The van der Waals surface area contributed by atoms with Crippen LogP contribution in [0.25, 0.3) is 0 Å². The van der Waals surface area contributed by atoms with Gasteiger partial charge in [-0.05, 0) is 122 Å².